The largest absolute Gasteiger partial charge is 0.352 e. The van der Waals surface area contributed by atoms with Crippen molar-refractivity contribution in [3.05, 3.63) is 12.7 Å². The van der Waals surface area contributed by atoms with Crippen molar-refractivity contribution >= 4 is 11.8 Å². The third-order valence-electron chi connectivity index (χ3n) is 2.94. The van der Waals surface area contributed by atoms with Crippen molar-refractivity contribution in [2.24, 2.45) is 0 Å². The van der Waals surface area contributed by atoms with Gasteiger partial charge in [-0.15, -0.1) is 0 Å². The lowest BCUT2D eigenvalue weighted by atomic mass is 9.92. The molecule has 0 heterocycles. The molecule has 1 atom stereocenters. The van der Waals surface area contributed by atoms with Crippen molar-refractivity contribution in [1.29, 1.82) is 0 Å². The van der Waals surface area contributed by atoms with E-state index in [0.717, 1.165) is 6.08 Å². The summed E-state index contributed by atoms with van der Waals surface area (Å²) in [4.78, 5) is 23.9. The molecular weight excluding hydrogens is 242 g/mol. The minimum atomic E-state index is -2.70. The van der Waals surface area contributed by atoms with E-state index in [1.807, 2.05) is 0 Å². The summed E-state index contributed by atoms with van der Waals surface area (Å²) in [6.07, 6.45) is 1.62. The van der Waals surface area contributed by atoms with Gasteiger partial charge in [0.05, 0.1) is 6.54 Å². The number of nitrogens with one attached hydrogen (secondary N) is 1. The van der Waals surface area contributed by atoms with Crippen LogP contribution in [0.25, 0.3) is 0 Å². The predicted molar refractivity (Wildman–Crippen MR) is 63.2 cm³/mol. The molecule has 0 aromatic carbocycles. The first-order valence-corrected chi connectivity index (χ1v) is 5.89. The summed E-state index contributed by atoms with van der Waals surface area (Å²) in [5.74, 6) is -3.49. The van der Waals surface area contributed by atoms with Crippen LogP contribution < -0.4 is 5.32 Å². The Morgan fingerprint density at radius 2 is 2.22 bits per heavy atom. The Morgan fingerprint density at radius 1 is 1.56 bits per heavy atom. The second-order valence-corrected chi connectivity index (χ2v) is 4.62. The smallest absolute Gasteiger partial charge is 0.250 e. The van der Waals surface area contributed by atoms with Crippen LogP contribution in [0.5, 0.6) is 0 Å². The summed E-state index contributed by atoms with van der Waals surface area (Å²) in [6.45, 7) is 3.16. The summed E-state index contributed by atoms with van der Waals surface area (Å²) in [7, 11) is 1.46. The Hall–Kier alpha value is -1.46. The van der Waals surface area contributed by atoms with Crippen LogP contribution in [0.1, 0.15) is 25.7 Å². The SMILES string of the molecule is C=CC(=O)N(C)CC(=O)NC1CCCC(F)(F)C1. The van der Waals surface area contributed by atoms with Crippen LogP contribution in [0.3, 0.4) is 0 Å². The molecule has 2 amide bonds. The van der Waals surface area contributed by atoms with Gasteiger partial charge >= 0.3 is 0 Å². The fourth-order valence-electron chi connectivity index (χ4n) is 2.02. The number of hydrogen-bond donors (Lipinski definition) is 1. The highest BCUT2D eigenvalue weighted by Gasteiger charge is 2.36. The van der Waals surface area contributed by atoms with Crippen molar-refractivity contribution in [3.8, 4) is 0 Å². The van der Waals surface area contributed by atoms with E-state index in [1.54, 1.807) is 0 Å². The van der Waals surface area contributed by atoms with Crippen molar-refractivity contribution in [1.82, 2.24) is 10.2 Å². The van der Waals surface area contributed by atoms with E-state index in [9.17, 15) is 18.4 Å². The van der Waals surface area contributed by atoms with Gasteiger partial charge in [-0.05, 0) is 18.9 Å². The lowest BCUT2D eigenvalue weighted by molar-refractivity contribution is -0.132. The maximum Gasteiger partial charge on any atom is 0.250 e. The minimum Gasteiger partial charge on any atom is -0.352 e. The van der Waals surface area contributed by atoms with Gasteiger partial charge in [-0.25, -0.2) is 8.78 Å². The van der Waals surface area contributed by atoms with Crippen molar-refractivity contribution in [2.45, 2.75) is 37.6 Å². The highest BCUT2D eigenvalue weighted by Crippen LogP contribution is 2.32. The van der Waals surface area contributed by atoms with E-state index in [4.69, 9.17) is 0 Å². The number of nitrogens with zero attached hydrogens (tertiary/aromatic N) is 1. The van der Waals surface area contributed by atoms with E-state index in [1.165, 1.54) is 11.9 Å². The molecule has 0 aromatic rings. The van der Waals surface area contributed by atoms with E-state index in [0.29, 0.717) is 12.8 Å². The van der Waals surface area contributed by atoms with Gasteiger partial charge in [0.1, 0.15) is 0 Å². The summed E-state index contributed by atoms with van der Waals surface area (Å²) in [6, 6.07) is -0.506. The molecule has 1 fully saturated rings. The van der Waals surface area contributed by atoms with Gasteiger partial charge in [-0.3, -0.25) is 9.59 Å². The van der Waals surface area contributed by atoms with Crippen LogP contribution in [-0.4, -0.2) is 42.3 Å². The summed E-state index contributed by atoms with van der Waals surface area (Å²) < 4.78 is 26.2. The molecular formula is C12H18F2N2O2. The molecule has 4 nitrogen and oxygen atoms in total. The lowest BCUT2D eigenvalue weighted by Crippen LogP contribution is -2.46. The number of hydrogen-bond acceptors (Lipinski definition) is 2. The number of carbonyl (C=O) groups is 2. The Labute approximate surface area is 105 Å². The first-order valence-electron chi connectivity index (χ1n) is 5.89. The van der Waals surface area contributed by atoms with Crippen LogP contribution in [0.4, 0.5) is 8.78 Å². The second-order valence-electron chi connectivity index (χ2n) is 4.62. The monoisotopic (exact) mass is 260 g/mol. The van der Waals surface area contributed by atoms with E-state index >= 15 is 0 Å². The molecule has 1 saturated carbocycles. The topological polar surface area (TPSA) is 49.4 Å². The maximum absolute atomic E-state index is 13.1. The quantitative estimate of drug-likeness (QED) is 0.775. The Morgan fingerprint density at radius 3 is 2.78 bits per heavy atom. The lowest BCUT2D eigenvalue weighted by Gasteiger charge is -2.29. The average molecular weight is 260 g/mol. The molecule has 102 valence electrons. The normalized spacial score (nSPS) is 22.1. The fourth-order valence-corrected chi connectivity index (χ4v) is 2.02. The summed E-state index contributed by atoms with van der Waals surface area (Å²) >= 11 is 0. The predicted octanol–water partition coefficient (Wildman–Crippen LogP) is 1.32. The van der Waals surface area contributed by atoms with Gasteiger partial charge < -0.3 is 10.2 Å². The van der Waals surface area contributed by atoms with Crippen molar-refractivity contribution in [3.63, 3.8) is 0 Å². The number of amides is 2. The highest BCUT2D eigenvalue weighted by atomic mass is 19.3. The fraction of sp³-hybridized carbons (Fsp3) is 0.667. The zero-order valence-electron chi connectivity index (χ0n) is 10.4. The molecule has 0 radical (unpaired) electrons. The zero-order chi connectivity index (χ0) is 13.8. The van der Waals surface area contributed by atoms with Crippen LogP contribution in [-0.2, 0) is 9.59 Å². The van der Waals surface area contributed by atoms with Crippen molar-refractivity contribution in [2.75, 3.05) is 13.6 Å². The molecule has 0 spiro atoms. The first kappa shape index (κ1) is 14.6. The molecule has 0 saturated heterocycles. The number of alkyl halides is 2. The molecule has 1 rings (SSSR count). The number of rotatable bonds is 4. The first-order chi connectivity index (χ1) is 8.34. The number of halogens is 2. The third kappa shape index (κ3) is 4.43. The molecule has 1 aliphatic carbocycles. The van der Waals surface area contributed by atoms with Crippen molar-refractivity contribution < 1.29 is 18.4 Å². The zero-order valence-corrected chi connectivity index (χ0v) is 10.4. The standard InChI is InChI=1S/C12H18F2N2O2/c1-3-11(18)16(2)8-10(17)15-9-5-4-6-12(13,14)7-9/h3,9H,1,4-8H2,2H3,(H,15,17). The maximum atomic E-state index is 13.1. The number of carbonyl (C=O) groups excluding carboxylic acids is 2. The average Bonchev–Trinajstić information content (AvgIpc) is 2.26. The third-order valence-corrected chi connectivity index (χ3v) is 2.94. The van der Waals surface area contributed by atoms with Crippen LogP contribution in [0.2, 0.25) is 0 Å². The van der Waals surface area contributed by atoms with Crippen LogP contribution >= 0.6 is 0 Å². The molecule has 18 heavy (non-hydrogen) atoms. The molecule has 0 bridgehead atoms. The van der Waals surface area contributed by atoms with Crippen LogP contribution in [0, 0.1) is 0 Å². The van der Waals surface area contributed by atoms with E-state index < -0.39 is 17.9 Å². The molecule has 1 unspecified atom stereocenters. The second kappa shape index (κ2) is 5.93. The van der Waals surface area contributed by atoms with Gasteiger partial charge in [-0.2, -0.15) is 0 Å². The minimum absolute atomic E-state index is 0.117. The highest BCUT2D eigenvalue weighted by molar-refractivity contribution is 5.90. The molecule has 6 heteroatoms. The van der Waals surface area contributed by atoms with Gasteiger partial charge in [0.15, 0.2) is 0 Å². The Bertz CT molecular complexity index is 345. The van der Waals surface area contributed by atoms with E-state index in [-0.39, 0.29) is 25.3 Å². The van der Waals surface area contributed by atoms with E-state index in [2.05, 4.69) is 11.9 Å². The molecule has 0 aliphatic heterocycles. The summed E-state index contributed by atoms with van der Waals surface area (Å²) in [5, 5.41) is 2.54. The molecule has 0 aromatic heterocycles. The molecule has 1 N–H and O–H groups in total. The molecule has 1 aliphatic rings. The van der Waals surface area contributed by atoms with Gasteiger partial charge in [-0.1, -0.05) is 6.58 Å². The van der Waals surface area contributed by atoms with Crippen LogP contribution in [0.15, 0.2) is 12.7 Å². The Kier molecular flexibility index (Phi) is 4.81. The van der Waals surface area contributed by atoms with Gasteiger partial charge in [0.25, 0.3) is 0 Å². The van der Waals surface area contributed by atoms with Gasteiger partial charge in [0.2, 0.25) is 17.7 Å². The van der Waals surface area contributed by atoms with Gasteiger partial charge in [0, 0.05) is 25.9 Å². The summed E-state index contributed by atoms with van der Waals surface area (Å²) in [5.41, 5.74) is 0. The Balaban J connectivity index is 2.40. The number of likely N-dealkylation sites (N-methyl/N-ethyl adjacent to an activating group) is 1.